The van der Waals surface area contributed by atoms with Gasteiger partial charge in [-0.1, -0.05) is 24.6 Å². The molecule has 0 saturated heterocycles. The van der Waals surface area contributed by atoms with E-state index in [0.29, 0.717) is 18.7 Å². The highest BCUT2D eigenvalue weighted by molar-refractivity contribution is 14.0. The van der Waals surface area contributed by atoms with Crippen LogP contribution in [-0.4, -0.2) is 49.8 Å². The molecule has 0 heterocycles. The molecule has 0 aliphatic carbocycles. The van der Waals surface area contributed by atoms with Crippen LogP contribution in [0.4, 0.5) is 0 Å². The molecule has 0 spiro atoms. The quantitative estimate of drug-likeness (QED) is 0.166. The second kappa shape index (κ2) is 14.7. The number of ether oxygens (including phenoxy) is 1. The Kier molecular flexibility index (Phi) is 13.9. The van der Waals surface area contributed by atoms with Gasteiger partial charge in [0.15, 0.2) is 17.5 Å². The van der Waals surface area contributed by atoms with Crippen molar-refractivity contribution in [2.45, 2.75) is 39.0 Å². The zero-order valence-electron chi connectivity index (χ0n) is 16.3. The topological polar surface area (TPSA) is 57.1 Å². The van der Waals surface area contributed by atoms with E-state index in [1.165, 1.54) is 12.8 Å². The number of guanidine groups is 1. The summed E-state index contributed by atoms with van der Waals surface area (Å²) in [7, 11) is 3.63. The molecular formula is C20H34IN3O2. The average molecular weight is 475 g/mol. The van der Waals surface area contributed by atoms with Gasteiger partial charge in [-0.3, -0.25) is 4.99 Å². The maximum Gasteiger partial charge on any atom is 0.193 e. The third-order valence-electron chi connectivity index (χ3n) is 4.04. The number of nitrogens with zero attached hydrogens (tertiary/aromatic N) is 2. The first-order valence-electron chi connectivity index (χ1n) is 9.09. The smallest absolute Gasteiger partial charge is 0.193 e. The van der Waals surface area contributed by atoms with Crippen molar-refractivity contribution in [1.82, 2.24) is 10.2 Å². The monoisotopic (exact) mass is 475 g/mol. The Labute approximate surface area is 175 Å². The number of para-hydroxylation sites is 1. The summed E-state index contributed by atoms with van der Waals surface area (Å²) in [5.41, 5.74) is 0.853. The predicted molar refractivity (Wildman–Crippen MR) is 121 cm³/mol. The fourth-order valence-corrected chi connectivity index (χ4v) is 2.61. The van der Waals surface area contributed by atoms with Crippen LogP contribution in [0.3, 0.4) is 0 Å². The Morgan fingerprint density at radius 3 is 2.77 bits per heavy atom. The Hall–Kier alpha value is -1.44. The average Bonchev–Trinajstić information content (AvgIpc) is 2.62. The molecule has 1 aromatic carbocycles. The zero-order chi connectivity index (χ0) is 18.5. The van der Waals surface area contributed by atoms with Gasteiger partial charge in [-0.25, -0.2) is 0 Å². The van der Waals surface area contributed by atoms with Crippen LogP contribution in [0.25, 0.3) is 0 Å². The number of benzene rings is 1. The SMILES string of the molecule is C=CCCCCCN(C)C(=NCCc1cccc(OC)c1O)NCC.I. The number of aromatic hydroxyl groups is 1. The molecule has 0 unspecified atom stereocenters. The number of phenols is 1. The number of nitrogens with one attached hydrogen (secondary N) is 1. The van der Waals surface area contributed by atoms with Crippen LogP contribution in [-0.2, 0) is 6.42 Å². The highest BCUT2D eigenvalue weighted by atomic mass is 127. The fraction of sp³-hybridized carbons (Fsp3) is 0.550. The number of hydrogen-bond acceptors (Lipinski definition) is 3. The Morgan fingerprint density at radius 2 is 2.12 bits per heavy atom. The standard InChI is InChI=1S/C20H33N3O2.HI/c1-5-7-8-9-10-16-23(3)20(21-6-2)22-15-14-17-12-11-13-18(25-4)19(17)24;/h5,11-13,24H,1,6-10,14-16H2,2-4H3,(H,21,22);1H. The second-order valence-corrected chi connectivity index (χ2v) is 6.01. The first kappa shape index (κ1) is 24.6. The highest BCUT2D eigenvalue weighted by Gasteiger charge is 2.08. The van der Waals surface area contributed by atoms with E-state index < -0.39 is 0 Å². The first-order chi connectivity index (χ1) is 12.1. The van der Waals surface area contributed by atoms with E-state index in [0.717, 1.165) is 37.5 Å². The van der Waals surface area contributed by atoms with E-state index in [4.69, 9.17) is 4.74 Å². The summed E-state index contributed by atoms with van der Waals surface area (Å²) in [5, 5.41) is 13.5. The largest absolute Gasteiger partial charge is 0.504 e. The Bertz CT molecular complexity index is 550. The summed E-state index contributed by atoms with van der Waals surface area (Å²) in [6.07, 6.45) is 7.27. The van der Waals surface area contributed by atoms with Crippen LogP contribution in [0.5, 0.6) is 11.5 Å². The summed E-state index contributed by atoms with van der Waals surface area (Å²) in [6, 6.07) is 5.55. The number of allylic oxidation sites excluding steroid dienone is 1. The minimum atomic E-state index is 0. The molecule has 0 aliphatic heterocycles. The number of methoxy groups -OCH3 is 1. The van der Waals surface area contributed by atoms with Crippen LogP contribution >= 0.6 is 24.0 Å². The third-order valence-corrected chi connectivity index (χ3v) is 4.04. The third kappa shape index (κ3) is 8.78. The summed E-state index contributed by atoms with van der Waals surface area (Å²) in [5.74, 6) is 1.62. The van der Waals surface area contributed by atoms with Gasteiger partial charge in [0, 0.05) is 26.7 Å². The number of hydrogen-bond donors (Lipinski definition) is 2. The first-order valence-corrected chi connectivity index (χ1v) is 9.09. The van der Waals surface area contributed by atoms with Gasteiger partial charge in [-0.15, -0.1) is 30.6 Å². The van der Waals surface area contributed by atoms with Crippen molar-refractivity contribution in [3.63, 3.8) is 0 Å². The van der Waals surface area contributed by atoms with Gasteiger partial charge in [-0.05, 0) is 44.2 Å². The molecule has 148 valence electrons. The molecule has 0 amide bonds. The van der Waals surface area contributed by atoms with E-state index in [2.05, 4.69) is 35.8 Å². The Balaban J connectivity index is 0.00000625. The van der Waals surface area contributed by atoms with Crippen molar-refractivity contribution in [2.75, 3.05) is 33.8 Å². The lowest BCUT2D eigenvalue weighted by molar-refractivity contribution is 0.370. The maximum absolute atomic E-state index is 10.1. The molecule has 0 atom stereocenters. The highest BCUT2D eigenvalue weighted by Crippen LogP contribution is 2.29. The normalized spacial score (nSPS) is 10.8. The second-order valence-electron chi connectivity index (χ2n) is 6.01. The minimum Gasteiger partial charge on any atom is -0.504 e. The molecule has 0 aromatic heterocycles. The van der Waals surface area contributed by atoms with Crippen molar-refractivity contribution >= 4 is 29.9 Å². The van der Waals surface area contributed by atoms with E-state index in [9.17, 15) is 5.11 Å². The van der Waals surface area contributed by atoms with Gasteiger partial charge in [0.2, 0.25) is 0 Å². The summed E-state index contributed by atoms with van der Waals surface area (Å²) >= 11 is 0. The molecule has 6 heteroatoms. The van der Waals surface area contributed by atoms with Crippen molar-refractivity contribution in [2.24, 2.45) is 4.99 Å². The number of unbranched alkanes of at least 4 members (excludes halogenated alkanes) is 3. The van der Waals surface area contributed by atoms with Crippen molar-refractivity contribution in [1.29, 1.82) is 0 Å². The van der Waals surface area contributed by atoms with Crippen molar-refractivity contribution in [3.8, 4) is 11.5 Å². The summed E-state index contributed by atoms with van der Waals surface area (Å²) in [4.78, 5) is 6.85. The minimum absolute atomic E-state index is 0. The van der Waals surface area contributed by atoms with Gasteiger partial charge in [-0.2, -0.15) is 0 Å². The van der Waals surface area contributed by atoms with Crippen LogP contribution in [0.15, 0.2) is 35.8 Å². The van der Waals surface area contributed by atoms with Crippen LogP contribution < -0.4 is 10.1 Å². The molecule has 0 radical (unpaired) electrons. The molecule has 26 heavy (non-hydrogen) atoms. The van der Waals surface area contributed by atoms with E-state index >= 15 is 0 Å². The van der Waals surface area contributed by atoms with Gasteiger partial charge < -0.3 is 20.1 Å². The van der Waals surface area contributed by atoms with Gasteiger partial charge in [0.25, 0.3) is 0 Å². The number of rotatable bonds is 11. The molecule has 0 bridgehead atoms. The molecule has 0 saturated carbocycles. The van der Waals surface area contributed by atoms with E-state index in [1.807, 2.05) is 18.2 Å². The zero-order valence-corrected chi connectivity index (χ0v) is 18.7. The molecule has 2 N–H and O–H groups in total. The van der Waals surface area contributed by atoms with Gasteiger partial charge >= 0.3 is 0 Å². The molecule has 5 nitrogen and oxygen atoms in total. The van der Waals surface area contributed by atoms with Crippen LogP contribution in [0, 0.1) is 0 Å². The summed E-state index contributed by atoms with van der Waals surface area (Å²) < 4.78 is 5.15. The Morgan fingerprint density at radius 1 is 1.35 bits per heavy atom. The van der Waals surface area contributed by atoms with Crippen LogP contribution in [0.1, 0.15) is 38.2 Å². The molecule has 1 rings (SSSR count). The molecule has 1 aromatic rings. The predicted octanol–water partition coefficient (Wildman–Crippen LogP) is 4.21. The summed E-state index contributed by atoms with van der Waals surface area (Å²) in [6.45, 7) is 8.26. The molecule has 0 fully saturated rings. The van der Waals surface area contributed by atoms with Gasteiger partial charge in [0.1, 0.15) is 0 Å². The lowest BCUT2D eigenvalue weighted by Crippen LogP contribution is -2.39. The lowest BCUT2D eigenvalue weighted by Gasteiger charge is -2.22. The maximum atomic E-state index is 10.1. The molecule has 0 aliphatic rings. The fourth-order valence-electron chi connectivity index (χ4n) is 2.61. The number of phenolic OH excluding ortho intramolecular Hbond substituents is 1. The lowest BCUT2D eigenvalue weighted by atomic mass is 10.1. The van der Waals surface area contributed by atoms with E-state index in [1.54, 1.807) is 13.2 Å². The number of aliphatic imine (C=N–C) groups is 1. The van der Waals surface area contributed by atoms with Crippen LogP contribution in [0.2, 0.25) is 0 Å². The molecular weight excluding hydrogens is 441 g/mol. The number of halogens is 1. The van der Waals surface area contributed by atoms with Crippen molar-refractivity contribution < 1.29 is 9.84 Å². The van der Waals surface area contributed by atoms with Gasteiger partial charge in [0.05, 0.1) is 7.11 Å². The van der Waals surface area contributed by atoms with Crippen molar-refractivity contribution in [3.05, 3.63) is 36.4 Å². The van der Waals surface area contributed by atoms with E-state index in [-0.39, 0.29) is 29.7 Å².